The molecule has 2 N–H and O–H groups in total. The van der Waals surface area contributed by atoms with Crippen LogP contribution in [0.2, 0.25) is 0 Å². The summed E-state index contributed by atoms with van der Waals surface area (Å²) < 4.78 is 24.6. The van der Waals surface area contributed by atoms with Gasteiger partial charge in [0.15, 0.2) is 15.0 Å². The average Bonchev–Trinajstić information content (AvgIpc) is 3.34. The summed E-state index contributed by atoms with van der Waals surface area (Å²) in [6, 6.07) is 12.5. The Labute approximate surface area is 203 Å². The minimum Gasteiger partial charge on any atom is -0.337 e. The van der Waals surface area contributed by atoms with Crippen LogP contribution in [0.3, 0.4) is 0 Å². The minimum absolute atomic E-state index is 0.0604. The second-order valence-corrected chi connectivity index (χ2v) is 11.8. The first kappa shape index (κ1) is 24.2. The molecule has 1 aliphatic heterocycles. The van der Waals surface area contributed by atoms with Gasteiger partial charge in [0, 0.05) is 31.3 Å². The predicted octanol–water partition coefficient (Wildman–Crippen LogP) is 4.28. The maximum Gasteiger partial charge on any atom is 0.321 e. The molecule has 2 unspecified atom stereocenters. The molecule has 0 spiro atoms. The number of nitrogens with zero attached hydrogens (tertiary/aromatic N) is 2. The van der Waals surface area contributed by atoms with E-state index >= 15 is 0 Å². The van der Waals surface area contributed by atoms with Crippen molar-refractivity contribution in [1.82, 2.24) is 15.2 Å². The van der Waals surface area contributed by atoms with Crippen LogP contribution in [-0.2, 0) is 14.6 Å². The summed E-state index contributed by atoms with van der Waals surface area (Å²) in [4.78, 5) is 31.4. The molecule has 1 fully saturated rings. The number of aromatic nitrogens is 1. The van der Waals surface area contributed by atoms with E-state index in [0.29, 0.717) is 5.13 Å². The van der Waals surface area contributed by atoms with Crippen LogP contribution in [0, 0.1) is 0 Å². The van der Waals surface area contributed by atoms with Crippen molar-refractivity contribution in [3.63, 3.8) is 0 Å². The van der Waals surface area contributed by atoms with Crippen molar-refractivity contribution in [3.05, 3.63) is 42.5 Å². The fourth-order valence-corrected chi connectivity index (χ4v) is 5.87. The average molecular weight is 501 g/mol. The van der Waals surface area contributed by atoms with E-state index in [9.17, 15) is 18.0 Å². The van der Waals surface area contributed by atoms with Crippen LogP contribution < -0.4 is 10.6 Å². The molecule has 4 rings (SSSR count). The molecule has 2 atom stereocenters. The molecule has 0 bridgehead atoms. The number of carbonyl (C=O) groups excluding carboxylic acids is 2. The minimum atomic E-state index is -3.30. The van der Waals surface area contributed by atoms with Crippen LogP contribution in [0.1, 0.15) is 33.1 Å². The van der Waals surface area contributed by atoms with Gasteiger partial charge in [-0.2, -0.15) is 0 Å². The Hall–Kier alpha value is -2.98. The number of nitrogens with one attached hydrogen (secondary N) is 2. The molecule has 8 nitrogen and oxygen atoms in total. The van der Waals surface area contributed by atoms with E-state index in [1.54, 1.807) is 18.2 Å². The molecule has 0 radical (unpaired) electrons. The number of hydrogen-bond acceptors (Lipinski definition) is 6. The van der Waals surface area contributed by atoms with Gasteiger partial charge in [0.05, 0.1) is 15.1 Å². The van der Waals surface area contributed by atoms with E-state index in [-0.39, 0.29) is 35.9 Å². The lowest BCUT2D eigenvalue weighted by atomic mass is 10.1. The molecule has 1 aliphatic rings. The summed E-state index contributed by atoms with van der Waals surface area (Å²) in [5.74, 6) is 0.0604. The number of urea groups is 1. The Morgan fingerprint density at radius 1 is 1.09 bits per heavy atom. The van der Waals surface area contributed by atoms with Crippen LogP contribution in [0.15, 0.2) is 47.4 Å². The van der Waals surface area contributed by atoms with Gasteiger partial charge in [0.2, 0.25) is 5.91 Å². The molecular weight excluding hydrogens is 472 g/mol. The zero-order valence-electron chi connectivity index (χ0n) is 19.4. The van der Waals surface area contributed by atoms with Crippen molar-refractivity contribution in [3.8, 4) is 11.1 Å². The van der Waals surface area contributed by atoms with Gasteiger partial charge in [-0.15, -0.1) is 0 Å². The number of fused-ring (bicyclic) bond motifs is 1. The number of rotatable bonds is 6. The van der Waals surface area contributed by atoms with E-state index in [1.807, 2.05) is 29.2 Å². The summed E-state index contributed by atoms with van der Waals surface area (Å²) in [5.41, 5.74) is 2.38. The SMILES string of the molecule is CC1CCC(C)N1C(=O)CCNC(=O)Nc1nc2ccc(-c3cccc(S(C)(=O)=O)c3)cc2s1. The quantitative estimate of drug-likeness (QED) is 0.525. The maximum absolute atomic E-state index is 12.5. The Balaban J connectivity index is 1.38. The van der Waals surface area contributed by atoms with Crippen LogP contribution >= 0.6 is 11.3 Å². The van der Waals surface area contributed by atoms with Crippen molar-refractivity contribution in [2.24, 2.45) is 0 Å². The van der Waals surface area contributed by atoms with Gasteiger partial charge in [0.1, 0.15) is 0 Å². The standard InChI is InChI=1S/C24H28N4O4S2/c1-15-7-8-16(2)28(15)22(29)11-12-25-23(30)27-24-26-20-10-9-18(14-21(20)33-24)17-5-4-6-19(13-17)34(3,31)32/h4-6,9-10,13-16H,7-8,11-12H2,1-3H3,(H2,25,26,27,30). The third-order valence-electron chi connectivity index (χ3n) is 6.07. The summed E-state index contributed by atoms with van der Waals surface area (Å²) >= 11 is 1.33. The monoisotopic (exact) mass is 500 g/mol. The molecule has 180 valence electrons. The third-order valence-corrected chi connectivity index (χ3v) is 8.11. The highest BCUT2D eigenvalue weighted by molar-refractivity contribution is 7.90. The molecule has 2 aromatic carbocycles. The van der Waals surface area contributed by atoms with Crippen molar-refractivity contribution in [2.75, 3.05) is 18.1 Å². The Bertz CT molecular complexity index is 1330. The zero-order valence-corrected chi connectivity index (χ0v) is 21.0. The number of hydrogen-bond donors (Lipinski definition) is 2. The molecule has 0 aliphatic carbocycles. The first-order valence-electron chi connectivity index (χ1n) is 11.2. The van der Waals surface area contributed by atoms with E-state index in [1.165, 1.54) is 17.6 Å². The van der Waals surface area contributed by atoms with Gasteiger partial charge in [-0.25, -0.2) is 18.2 Å². The van der Waals surface area contributed by atoms with Gasteiger partial charge in [-0.1, -0.05) is 29.5 Å². The normalized spacial score (nSPS) is 18.3. The van der Waals surface area contributed by atoms with Gasteiger partial charge >= 0.3 is 6.03 Å². The number of anilines is 1. The van der Waals surface area contributed by atoms with E-state index in [0.717, 1.165) is 34.2 Å². The number of sulfone groups is 1. The molecule has 10 heteroatoms. The van der Waals surface area contributed by atoms with Crippen molar-refractivity contribution in [1.29, 1.82) is 0 Å². The Kier molecular flexibility index (Phi) is 6.90. The molecule has 2 heterocycles. The fraction of sp³-hybridized carbons (Fsp3) is 0.375. The van der Waals surface area contributed by atoms with Crippen molar-refractivity contribution in [2.45, 2.75) is 50.1 Å². The van der Waals surface area contributed by atoms with E-state index < -0.39 is 15.9 Å². The van der Waals surface area contributed by atoms with Gasteiger partial charge < -0.3 is 10.2 Å². The molecule has 1 aromatic heterocycles. The van der Waals surface area contributed by atoms with E-state index in [4.69, 9.17) is 0 Å². The molecule has 34 heavy (non-hydrogen) atoms. The first-order valence-corrected chi connectivity index (χ1v) is 13.9. The summed E-state index contributed by atoms with van der Waals surface area (Å²) in [6.07, 6.45) is 3.48. The second kappa shape index (κ2) is 9.71. The van der Waals surface area contributed by atoms with E-state index in [2.05, 4.69) is 29.5 Å². The number of amides is 3. The summed E-state index contributed by atoms with van der Waals surface area (Å²) in [5, 5.41) is 5.91. The Morgan fingerprint density at radius 2 is 1.79 bits per heavy atom. The lowest BCUT2D eigenvalue weighted by Gasteiger charge is -2.26. The van der Waals surface area contributed by atoms with Gasteiger partial charge in [0.25, 0.3) is 0 Å². The lowest BCUT2D eigenvalue weighted by Crippen LogP contribution is -2.40. The fourth-order valence-electron chi connectivity index (χ4n) is 4.30. The molecular formula is C24H28N4O4S2. The Morgan fingerprint density at radius 3 is 2.50 bits per heavy atom. The number of thiazole rings is 1. The molecule has 3 aromatic rings. The summed E-state index contributed by atoms with van der Waals surface area (Å²) in [6.45, 7) is 4.37. The molecule has 1 saturated heterocycles. The van der Waals surface area contributed by atoms with Crippen LogP contribution in [0.4, 0.5) is 9.93 Å². The highest BCUT2D eigenvalue weighted by atomic mass is 32.2. The maximum atomic E-state index is 12.5. The van der Waals surface area contributed by atoms with Crippen LogP contribution in [-0.4, -0.2) is 55.1 Å². The largest absolute Gasteiger partial charge is 0.337 e. The predicted molar refractivity (Wildman–Crippen MR) is 135 cm³/mol. The summed E-state index contributed by atoms with van der Waals surface area (Å²) in [7, 11) is -3.30. The van der Waals surface area contributed by atoms with Gasteiger partial charge in [-0.3, -0.25) is 10.1 Å². The highest BCUT2D eigenvalue weighted by Crippen LogP contribution is 2.31. The topological polar surface area (TPSA) is 108 Å². The first-order chi connectivity index (χ1) is 16.1. The second-order valence-electron chi connectivity index (χ2n) is 8.71. The number of carbonyl (C=O) groups is 2. The van der Waals surface area contributed by atoms with Gasteiger partial charge in [-0.05, 0) is 62.1 Å². The van der Waals surface area contributed by atoms with Crippen molar-refractivity contribution < 1.29 is 18.0 Å². The van der Waals surface area contributed by atoms with Crippen LogP contribution in [0.5, 0.6) is 0 Å². The third kappa shape index (κ3) is 5.39. The zero-order chi connectivity index (χ0) is 24.5. The highest BCUT2D eigenvalue weighted by Gasteiger charge is 2.30. The number of benzene rings is 2. The lowest BCUT2D eigenvalue weighted by molar-refractivity contribution is -0.133. The molecule has 3 amide bonds. The smallest absolute Gasteiger partial charge is 0.321 e. The van der Waals surface area contributed by atoms with Crippen molar-refractivity contribution >= 4 is 48.5 Å². The van der Waals surface area contributed by atoms with Crippen LogP contribution in [0.25, 0.3) is 21.3 Å². The molecule has 0 saturated carbocycles. The number of likely N-dealkylation sites (tertiary alicyclic amines) is 1.